The summed E-state index contributed by atoms with van der Waals surface area (Å²) in [6.07, 6.45) is 3.74. The minimum Gasteiger partial charge on any atom is -0.368 e. The summed E-state index contributed by atoms with van der Waals surface area (Å²) in [4.78, 5) is 25.9. The number of hydrogen-bond acceptors (Lipinski definition) is 7. The largest absolute Gasteiger partial charge is 0.368 e. The number of nitrogens with one attached hydrogen (secondary N) is 2. The Hall–Kier alpha value is -2.12. The first kappa shape index (κ1) is 12.9. The van der Waals surface area contributed by atoms with E-state index >= 15 is 0 Å². The van der Waals surface area contributed by atoms with E-state index in [0.29, 0.717) is 24.9 Å². The van der Waals surface area contributed by atoms with E-state index in [-0.39, 0.29) is 17.9 Å². The molecule has 1 aromatic heterocycles. The number of amides is 1. The summed E-state index contributed by atoms with van der Waals surface area (Å²) in [5.41, 5.74) is 5.73. The van der Waals surface area contributed by atoms with Gasteiger partial charge in [0.25, 0.3) is 0 Å². The predicted octanol–water partition coefficient (Wildman–Crippen LogP) is -0.256. The number of nitrogens with zero attached hydrogens (tertiary/aromatic N) is 4. The van der Waals surface area contributed by atoms with Crippen LogP contribution in [-0.4, -0.2) is 46.5 Å². The molecule has 2 aliphatic rings. The van der Waals surface area contributed by atoms with Crippen LogP contribution in [0.2, 0.25) is 0 Å². The van der Waals surface area contributed by atoms with Crippen LogP contribution in [0.25, 0.3) is 0 Å². The maximum Gasteiger partial charge on any atom is 0.231 e. The van der Waals surface area contributed by atoms with Crippen LogP contribution in [0.4, 0.5) is 17.8 Å². The summed E-state index contributed by atoms with van der Waals surface area (Å²) in [5.74, 6) is 1.43. The van der Waals surface area contributed by atoms with Crippen LogP contribution in [0.15, 0.2) is 0 Å². The zero-order chi connectivity index (χ0) is 13.9. The lowest BCUT2D eigenvalue weighted by Crippen LogP contribution is -2.32. The highest BCUT2D eigenvalue weighted by Gasteiger charge is 2.21. The molecule has 0 aromatic carbocycles. The first-order valence-corrected chi connectivity index (χ1v) is 7.00. The molecule has 4 N–H and O–H groups in total. The van der Waals surface area contributed by atoms with Gasteiger partial charge < -0.3 is 21.3 Å². The second-order valence-corrected chi connectivity index (χ2v) is 5.20. The minimum absolute atomic E-state index is 0.102. The summed E-state index contributed by atoms with van der Waals surface area (Å²) in [5, 5.41) is 6.02. The zero-order valence-electron chi connectivity index (χ0n) is 11.3. The van der Waals surface area contributed by atoms with E-state index in [2.05, 4.69) is 30.5 Å². The van der Waals surface area contributed by atoms with Crippen LogP contribution in [0.1, 0.15) is 25.7 Å². The third kappa shape index (κ3) is 2.89. The fourth-order valence-corrected chi connectivity index (χ4v) is 2.56. The Morgan fingerprint density at radius 1 is 1.30 bits per heavy atom. The minimum atomic E-state index is 0.102. The third-order valence-electron chi connectivity index (χ3n) is 3.62. The van der Waals surface area contributed by atoms with Crippen molar-refractivity contribution in [3.8, 4) is 0 Å². The molecule has 2 fully saturated rings. The molecule has 1 atom stereocenters. The summed E-state index contributed by atoms with van der Waals surface area (Å²) >= 11 is 0. The molecule has 0 radical (unpaired) electrons. The molecule has 1 aromatic rings. The quantitative estimate of drug-likeness (QED) is 0.696. The molecule has 0 aliphatic carbocycles. The molecule has 0 bridgehead atoms. The third-order valence-corrected chi connectivity index (χ3v) is 3.62. The Labute approximate surface area is 117 Å². The number of nitrogen functional groups attached to an aromatic ring is 1. The maximum absolute atomic E-state index is 11.1. The van der Waals surface area contributed by atoms with Crippen molar-refractivity contribution in [2.45, 2.75) is 31.7 Å². The Bertz CT molecular complexity index is 501. The van der Waals surface area contributed by atoms with E-state index in [1.54, 1.807) is 0 Å². The van der Waals surface area contributed by atoms with E-state index in [9.17, 15) is 4.79 Å². The van der Waals surface area contributed by atoms with E-state index in [0.717, 1.165) is 32.4 Å². The fourth-order valence-electron chi connectivity index (χ4n) is 2.56. The lowest BCUT2D eigenvalue weighted by atomic mass is 10.2. The zero-order valence-corrected chi connectivity index (χ0v) is 11.3. The molecule has 1 amide bonds. The molecule has 108 valence electrons. The average molecular weight is 277 g/mol. The second-order valence-electron chi connectivity index (χ2n) is 5.20. The highest BCUT2D eigenvalue weighted by molar-refractivity contribution is 5.78. The van der Waals surface area contributed by atoms with Crippen molar-refractivity contribution in [3.63, 3.8) is 0 Å². The van der Waals surface area contributed by atoms with Crippen molar-refractivity contribution >= 4 is 23.8 Å². The highest BCUT2D eigenvalue weighted by atomic mass is 16.1. The van der Waals surface area contributed by atoms with Crippen LogP contribution < -0.4 is 21.3 Å². The molecule has 2 saturated heterocycles. The molecule has 3 heterocycles. The topological polar surface area (TPSA) is 109 Å². The molecule has 0 spiro atoms. The SMILES string of the molecule is Nc1nc(NCC2CCC(=O)N2)nc(N2CCCC2)n1. The number of anilines is 3. The molecule has 2 aliphatic heterocycles. The summed E-state index contributed by atoms with van der Waals surface area (Å²) in [6, 6.07) is 0.135. The highest BCUT2D eigenvalue weighted by Crippen LogP contribution is 2.17. The van der Waals surface area contributed by atoms with Crippen LogP contribution >= 0.6 is 0 Å². The van der Waals surface area contributed by atoms with Gasteiger partial charge in [-0.1, -0.05) is 0 Å². The Morgan fingerprint density at radius 2 is 2.10 bits per heavy atom. The predicted molar refractivity (Wildman–Crippen MR) is 75.3 cm³/mol. The molecule has 1 unspecified atom stereocenters. The van der Waals surface area contributed by atoms with Crippen molar-refractivity contribution in [1.29, 1.82) is 0 Å². The van der Waals surface area contributed by atoms with Gasteiger partial charge in [-0.05, 0) is 19.3 Å². The first-order valence-electron chi connectivity index (χ1n) is 7.00. The van der Waals surface area contributed by atoms with Crippen molar-refractivity contribution < 1.29 is 4.79 Å². The van der Waals surface area contributed by atoms with Gasteiger partial charge in [-0.25, -0.2) is 0 Å². The average Bonchev–Trinajstić information content (AvgIpc) is 3.07. The molecule has 3 rings (SSSR count). The van der Waals surface area contributed by atoms with Crippen LogP contribution in [0, 0.1) is 0 Å². The smallest absolute Gasteiger partial charge is 0.231 e. The van der Waals surface area contributed by atoms with Crippen molar-refractivity contribution in [3.05, 3.63) is 0 Å². The number of rotatable bonds is 4. The number of aromatic nitrogens is 3. The van der Waals surface area contributed by atoms with E-state index < -0.39 is 0 Å². The molecule has 8 nitrogen and oxygen atoms in total. The Kier molecular flexibility index (Phi) is 3.53. The Balaban J connectivity index is 1.64. The van der Waals surface area contributed by atoms with E-state index in [1.165, 1.54) is 0 Å². The standard InChI is InChI=1S/C12H19N7O/c13-10-16-11(14-7-8-3-4-9(20)15-8)18-12(17-10)19-5-1-2-6-19/h8H,1-7H2,(H,15,20)(H3,13,14,16,17,18). The first-order chi connectivity index (χ1) is 9.70. The molecule has 8 heteroatoms. The van der Waals surface area contributed by atoms with Gasteiger partial charge in [0.05, 0.1) is 0 Å². The lowest BCUT2D eigenvalue weighted by molar-refractivity contribution is -0.119. The van der Waals surface area contributed by atoms with Gasteiger partial charge in [-0.2, -0.15) is 15.0 Å². The van der Waals surface area contributed by atoms with Crippen molar-refractivity contribution in [2.24, 2.45) is 0 Å². The van der Waals surface area contributed by atoms with Gasteiger partial charge in [0, 0.05) is 32.1 Å². The second kappa shape index (κ2) is 5.48. The summed E-state index contributed by atoms with van der Waals surface area (Å²) in [7, 11) is 0. The van der Waals surface area contributed by atoms with Gasteiger partial charge >= 0.3 is 0 Å². The molecular weight excluding hydrogens is 258 g/mol. The van der Waals surface area contributed by atoms with Gasteiger partial charge in [0.15, 0.2) is 0 Å². The number of carbonyl (C=O) groups is 1. The van der Waals surface area contributed by atoms with E-state index in [1.807, 2.05) is 0 Å². The summed E-state index contributed by atoms with van der Waals surface area (Å²) < 4.78 is 0. The maximum atomic E-state index is 11.1. The van der Waals surface area contributed by atoms with Gasteiger partial charge in [-0.3, -0.25) is 4.79 Å². The number of carbonyl (C=O) groups excluding carboxylic acids is 1. The summed E-state index contributed by atoms with van der Waals surface area (Å²) in [6.45, 7) is 2.53. The van der Waals surface area contributed by atoms with Crippen LogP contribution in [0.5, 0.6) is 0 Å². The fraction of sp³-hybridized carbons (Fsp3) is 0.667. The van der Waals surface area contributed by atoms with E-state index in [4.69, 9.17) is 5.73 Å². The van der Waals surface area contributed by atoms with Gasteiger partial charge in [0.2, 0.25) is 23.8 Å². The monoisotopic (exact) mass is 277 g/mol. The van der Waals surface area contributed by atoms with Crippen molar-refractivity contribution in [1.82, 2.24) is 20.3 Å². The molecule has 20 heavy (non-hydrogen) atoms. The van der Waals surface area contributed by atoms with Crippen LogP contribution in [-0.2, 0) is 4.79 Å². The number of nitrogens with two attached hydrogens (primary N) is 1. The lowest BCUT2D eigenvalue weighted by Gasteiger charge is -2.17. The Morgan fingerprint density at radius 3 is 2.80 bits per heavy atom. The van der Waals surface area contributed by atoms with Gasteiger partial charge in [0.1, 0.15) is 0 Å². The van der Waals surface area contributed by atoms with Crippen molar-refractivity contribution in [2.75, 3.05) is 35.6 Å². The number of hydrogen-bond donors (Lipinski definition) is 3. The molecular formula is C12H19N7O. The molecule has 0 saturated carbocycles. The normalized spacial score (nSPS) is 22.1. The van der Waals surface area contributed by atoms with Gasteiger partial charge in [-0.15, -0.1) is 0 Å². The van der Waals surface area contributed by atoms with Crippen LogP contribution in [0.3, 0.4) is 0 Å².